The van der Waals surface area contributed by atoms with Gasteiger partial charge >= 0.3 is 11.4 Å². The summed E-state index contributed by atoms with van der Waals surface area (Å²) < 4.78 is 102. The van der Waals surface area contributed by atoms with E-state index in [9.17, 15) is 51.0 Å². The second kappa shape index (κ2) is 19.2. The van der Waals surface area contributed by atoms with Crippen LogP contribution < -0.4 is 15.2 Å². The van der Waals surface area contributed by atoms with E-state index in [1.165, 1.54) is 19.3 Å². The van der Waals surface area contributed by atoms with Gasteiger partial charge in [-0.2, -0.15) is 0 Å². The molecule has 0 heterocycles. The van der Waals surface area contributed by atoms with Gasteiger partial charge in [0.25, 0.3) is 0 Å². The number of aromatic hydroxyl groups is 1. The fourth-order valence-corrected chi connectivity index (χ4v) is 4.02. The highest BCUT2D eigenvalue weighted by Gasteiger charge is 2.26. The predicted octanol–water partition coefficient (Wildman–Crippen LogP) is 9.25. The maximum atomic E-state index is 12.9. The molecule has 3 aliphatic rings. The number of benzene rings is 3. The monoisotopic (exact) mass is 708 g/mol. The number of nitro groups is 2. The zero-order valence-corrected chi connectivity index (χ0v) is 26.3. The predicted molar refractivity (Wildman–Crippen MR) is 165 cm³/mol. The molecule has 6 rings (SSSR count). The molecule has 0 atom stereocenters. The number of nitrogens with zero attached hydrogens (tertiary/aromatic N) is 2. The third kappa shape index (κ3) is 12.3. The van der Waals surface area contributed by atoms with Crippen molar-refractivity contribution in [3.63, 3.8) is 0 Å². The molecular weight excluding hydrogens is 671 g/mol. The number of phenols is 1. The number of nitrogens with two attached hydrogens (primary N) is 1. The standard InChI is InChI=1S/C10H9F2NO3.C10H11F2NO.C6H3F2NO3.C5H10.CH3F/c11-7-4-9(13(14)15)10(5-8(7)12)16-6-2-1-3-6;11-7-4-9(13)10(5-8(7)12)14-6-2-1-3-6;7-3-1-5(9(11)12)6(10)2-4(3)8;1-5-3-2-4-5;1-2/h4-6H,1-3H2;4-6H,1-3,13H2;1-2,10H;5H,2-4H2,1H3;1H3/i;;;;1D. The molecular formula is C32H36F7N3O7. The topological polar surface area (TPSA) is 151 Å². The van der Waals surface area contributed by atoms with Gasteiger partial charge in [-0.15, -0.1) is 0 Å². The quantitative estimate of drug-likeness (QED) is 0.111. The summed E-state index contributed by atoms with van der Waals surface area (Å²) in [6.07, 6.45) is 10.0. The molecule has 0 aliphatic heterocycles. The fraction of sp³-hybridized carbons (Fsp3) is 0.438. The molecule has 0 saturated heterocycles. The number of halogens is 7. The van der Waals surface area contributed by atoms with Crippen LogP contribution in [0.25, 0.3) is 0 Å². The van der Waals surface area contributed by atoms with Crippen LogP contribution in [0, 0.1) is 61.0 Å². The van der Waals surface area contributed by atoms with Crippen LogP contribution in [0.3, 0.4) is 0 Å². The van der Waals surface area contributed by atoms with E-state index in [0.29, 0.717) is 18.2 Å². The van der Waals surface area contributed by atoms with E-state index in [2.05, 4.69) is 6.92 Å². The molecule has 0 unspecified atom stereocenters. The van der Waals surface area contributed by atoms with Gasteiger partial charge in [-0.05, 0) is 44.4 Å². The average Bonchev–Trinajstić information content (AvgIpc) is 2.98. The maximum Gasteiger partial charge on any atom is 0.314 e. The Morgan fingerprint density at radius 3 is 1.43 bits per heavy atom. The van der Waals surface area contributed by atoms with E-state index in [1.54, 1.807) is 0 Å². The van der Waals surface area contributed by atoms with E-state index in [4.69, 9.17) is 21.7 Å². The normalized spacial score (nSPS) is 15.2. The number of alkyl halides is 1. The largest absolute Gasteiger partial charge is 0.502 e. The molecule has 3 aromatic rings. The molecule has 0 bridgehead atoms. The molecule has 3 aromatic carbocycles. The Bertz CT molecular complexity index is 1590. The van der Waals surface area contributed by atoms with E-state index < -0.39 is 69.0 Å². The summed E-state index contributed by atoms with van der Waals surface area (Å²) in [7, 11) is -1.00. The van der Waals surface area contributed by atoms with Crippen molar-refractivity contribution in [2.45, 2.75) is 76.9 Å². The van der Waals surface area contributed by atoms with Crippen LogP contribution in [0.4, 0.5) is 47.8 Å². The molecule has 3 saturated carbocycles. The summed E-state index contributed by atoms with van der Waals surface area (Å²) in [6, 6.07) is 3.90. The van der Waals surface area contributed by atoms with Crippen molar-refractivity contribution in [2.75, 3.05) is 12.9 Å². The highest BCUT2D eigenvalue weighted by atomic mass is 19.2. The van der Waals surface area contributed by atoms with Crippen molar-refractivity contribution in [1.82, 2.24) is 0 Å². The lowest BCUT2D eigenvalue weighted by atomic mass is 9.88. The summed E-state index contributed by atoms with van der Waals surface area (Å²) in [5.74, 6) is -6.71. The van der Waals surface area contributed by atoms with Crippen LogP contribution in [-0.2, 0) is 0 Å². The number of ether oxygens (including phenoxy) is 2. The van der Waals surface area contributed by atoms with Gasteiger partial charge in [-0.3, -0.25) is 24.6 Å². The second-order valence-corrected chi connectivity index (χ2v) is 11.2. The minimum absolute atomic E-state index is 0.113. The average molecular weight is 709 g/mol. The van der Waals surface area contributed by atoms with Crippen molar-refractivity contribution >= 4 is 17.1 Å². The Morgan fingerprint density at radius 1 is 0.694 bits per heavy atom. The number of nitro benzene ring substituents is 2. The first-order valence-corrected chi connectivity index (χ1v) is 15.0. The van der Waals surface area contributed by atoms with Gasteiger partial charge in [0, 0.05) is 24.3 Å². The molecule has 49 heavy (non-hydrogen) atoms. The van der Waals surface area contributed by atoms with Crippen molar-refractivity contribution < 1.29 is 56.5 Å². The van der Waals surface area contributed by atoms with Crippen molar-refractivity contribution in [3.8, 4) is 17.2 Å². The van der Waals surface area contributed by atoms with Crippen LogP contribution in [-0.4, -0.2) is 34.3 Å². The highest BCUT2D eigenvalue weighted by molar-refractivity contribution is 5.53. The SMILES string of the molecule is CC1CCC1.Nc1cc(F)c(F)cc1OC1CCC1.O=[N+]([O-])c1cc(F)c(F)cc1O.O=[N+]([O-])c1cc(F)c(F)cc1OC1CCC1.[2H]CF. The van der Waals surface area contributed by atoms with Gasteiger partial charge in [-0.25, -0.2) is 26.3 Å². The Labute approximate surface area is 278 Å². The Hall–Kier alpha value is -4.83. The third-order valence-corrected chi connectivity index (χ3v) is 7.55. The molecule has 0 spiro atoms. The number of hydrogen-bond acceptors (Lipinski definition) is 8. The number of phenolic OH excluding ortho intramolecular Hbond substituents is 1. The van der Waals surface area contributed by atoms with Crippen LogP contribution in [0.5, 0.6) is 17.2 Å². The van der Waals surface area contributed by atoms with Crippen LogP contribution in [0.2, 0.25) is 0 Å². The number of nitrogen functional groups attached to an aromatic ring is 1. The molecule has 270 valence electrons. The lowest BCUT2D eigenvalue weighted by molar-refractivity contribution is -0.386. The molecule has 0 aromatic heterocycles. The first kappa shape index (κ1) is 38.6. The van der Waals surface area contributed by atoms with Gasteiger partial charge < -0.3 is 20.3 Å². The first-order valence-electron chi connectivity index (χ1n) is 15.7. The molecule has 3 aliphatic carbocycles. The first-order chi connectivity index (χ1) is 23.6. The lowest BCUT2D eigenvalue weighted by Crippen LogP contribution is -2.25. The summed E-state index contributed by atoms with van der Waals surface area (Å²) in [5, 5.41) is 29.4. The minimum Gasteiger partial charge on any atom is -0.502 e. The molecule has 17 heteroatoms. The number of anilines is 1. The Kier molecular flexibility index (Phi) is 15.2. The van der Waals surface area contributed by atoms with Gasteiger partial charge in [0.15, 0.2) is 40.7 Å². The lowest BCUT2D eigenvalue weighted by Gasteiger charge is -2.26. The molecule has 10 nitrogen and oxygen atoms in total. The summed E-state index contributed by atoms with van der Waals surface area (Å²) >= 11 is 0. The van der Waals surface area contributed by atoms with Gasteiger partial charge in [-0.1, -0.05) is 26.2 Å². The van der Waals surface area contributed by atoms with Crippen molar-refractivity contribution in [2.24, 2.45) is 5.92 Å². The zero-order chi connectivity index (χ0) is 37.5. The minimum atomic E-state index is -1.36. The third-order valence-electron chi connectivity index (χ3n) is 7.55. The van der Waals surface area contributed by atoms with Crippen LogP contribution in [0.15, 0.2) is 36.4 Å². The zero-order valence-electron chi connectivity index (χ0n) is 27.3. The number of hydrogen-bond donors (Lipinski definition) is 2. The smallest absolute Gasteiger partial charge is 0.314 e. The Morgan fingerprint density at radius 2 is 1.04 bits per heavy atom. The van der Waals surface area contributed by atoms with E-state index in [-0.39, 0.29) is 29.4 Å². The maximum absolute atomic E-state index is 12.9. The van der Waals surface area contributed by atoms with E-state index in [0.717, 1.165) is 62.6 Å². The van der Waals surface area contributed by atoms with Crippen LogP contribution in [0.1, 0.15) is 66.1 Å². The molecule has 0 amide bonds. The van der Waals surface area contributed by atoms with Gasteiger partial charge in [0.05, 0.1) is 48.4 Å². The summed E-state index contributed by atoms with van der Waals surface area (Å²) in [4.78, 5) is 18.9. The number of rotatable bonds is 6. The molecule has 3 fully saturated rings. The summed E-state index contributed by atoms with van der Waals surface area (Å²) in [5.41, 5.74) is 4.25. The summed E-state index contributed by atoms with van der Waals surface area (Å²) in [6.45, 7) is 2.31. The van der Waals surface area contributed by atoms with Gasteiger partial charge in [0.1, 0.15) is 5.75 Å². The van der Waals surface area contributed by atoms with Gasteiger partial charge in [0.2, 0.25) is 5.75 Å². The Balaban J connectivity index is 0.000000236. The van der Waals surface area contributed by atoms with E-state index in [1.807, 2.05) is 0 Å². The van der Waals surface area contributed by atoms with E-state index >= 15 is 0 Å². The molecule has 0 radical (unpaired) electrons. The van der Waals surface area contributed by atoms with Crippen molar-refractivity contribution in [1.29, 1.82) is 0 Å². The molecule has 3 N–H and O–H groups in total. The van der Waals surface area contributed by atoms with Crippen molar-refractivity contribution in [3.05, 3.63) is 91.5 Å². The fourth-order valence-electron chi connectivity index (χ4n) is 4.02. The second-order valence-electron chi connectivity index (χ2n) is 11.2. The highest BCUT2D eigenvalue weighted by Crippen LogP contribution is 2.34. The van der Waals surface area contributed by atoms with Crippen LogP contribution >= 0.6 is 0 Å².